The van der Waals surface area contributed by atoms with E-state index in [1.54, 1.807) is 0 Å². The van der Waals surface area contributed by atoms with Crippen LogP contribution in [0.1, 0.15) is 47.2 Å². The maximum atomic E-state index is 2.49. The van der Waals surface area contributed by atoms with Crippen LogP contribution in [-0.4, -0.2) is 0 Å². The van der Waals surface area contributed by atoms with Crippen LogP contribution in [0.25, 0.3) is 44.2 Å². The van der Waals surface area contributed by atoms with Gasteiger partial charge in [0, 0.05) is 32.1 Å². The van der Waals surface area contributed by atoms with Crippen LogP contribution in [0.2, 0.25) is 0 Å². The van der Waals surface area contributed by atoms with Crippen molar-refractivity contribution in [3.05, 3.63) is 234 Å². The summed E-state index contributed by atoms with van der Waals surface area (Å²) in [5, 5.41) is 2.52. The normalized spacial score (nSPS) is 14.6. The summed E-state index contributed by atoms with van der Waals surface area (Å²) in [4.78, 5) is 5.13. The molecule has 0 unspecified atom stereocenters. The van der Waals surface area contributed by atoms with Crippen molar-refractivity contribution in [2.45, 2.75) is 34.5 Å². The van der Waals surface area contributed by atoms with Crippen molar-refractivity contribution in [2.24, 2.45) is 0 Å². The van der Waals surface area contributed by atoms with Crippen LogP contribution in [0.5, 0.6) is 0 Å². The molecule has 1 aliphatic heterocycles. The first-order valence-corrected chi connectivity index (χ1v) is 21.1. The fourth-order valence-corrected chi connectivity index (χ4v) is 11.8. The lowest BCUT2D eigenvalue weighted by Crippen LogP contribution is -2.32. The zero-order chi connectivity index (χ0) is 38.6. The van der Waals surface area contributed by atoms with Gasteiger partial charge in [0.2, 0.25) is 0 Å². The molecule has 2 heteroatoms. The van der Waals surface area contributed by atoms with E-state index in [4.69, 9.17) is 0 Å². The summed E-state index contributed by atoms with van der Waals surface area (Å²) in [6.45, 7) is 4.74. The summed E-state index contributed by atoms with van der Waals surface area (Å²) in [5.74, 6) is 0. The van der Waals surface area contributed by atoms with Crippen LogP contribution >= 0.6 is 11.8 Å². The van der Waals surface area contributed by atoms with E-state index < -0.39 is 5.41 Å². The Balaban J connectivity index is 1.11. The van der Waals surface area contributed by atoms with Crippen molar-refractivity contribution in [3.8, 4) is 33.4 Å². The molecule has 0 amide bonds. The first kappa shape index (κ1) is 33.5. The van der Waals surface area contributed by atoms with Gasteiger partial charge in [-0.15, -0.1) is 0 Å². The van der Waals surface area contributed by atoms with E-state index in [0.29, 0.717) is 0 Å². The number of para-hydroxylation sites is 1. The molecule has 1 spiro atoms. The van der Waals surface area contributed by atoms with E-state index in [1.165, 1.54) is 87.3 Å². The summed E-state index contributed by atoms with van der Waals surface area (Å²) in [5.41, 5.74) is 18.8. The van der Waals surface area contributed by atoms with E-state index >= 15 is 0 Å². The van der Waals surface area contributed by atoms with Crippen LogP contribution in [0.4, 0.5) is 17.1 Å². The smallest absolute Gasteiger partial charge is 0.0741 e. The number of benzene rings is 9. The van der Waals surface area contributed by atoms with Crippen LogP contribution in [0.3, 0.4) is 0 Å². The van der Waals surface area contributed by atoms with Gasteiger partial charge in [0.25, 0.3) is 0 Å². The molecular weight excluding hydrogens is 719 g/mol. The summed E-state index contributed by atoms with van der Waals surface area (Å²) >= 11 is 1.91. The third-order valence-corrected chi connectivity index (χ3v) is 14.3. The van der Waals surface area contributed by atoms with Gasteiger partial charge < -0.3 is 4.90 Å². The van der Waals surface area contributed by atoms with Crippen LogP contribution < -0.4 is 4.90 Å². The zero-order valence-electron chi connectivity index (χ0n) is 32.4. The van der Waals surface area contributed by atoms with E-state index in [9.17, 15) is 0 Å². The molecule has 1 nitrogen and oxygen atoms in total. The molecule has 0 aromatic heterocycles. The molecule has 2 aliphatic carbocycles. The van der Waals surface area contributed by atoms with Gasteiger partial charge in [-0.25, -0.2) is 0 Å². The van der Waals surface area contributed by atoms with Crippen molar-refractivity contribution >= 4 is 39.6 Å². The highest BCUT2D eigenvalue weighted by Gasteiger charge is 2.50. The molecule has 0 saturated heterocycles. The topological polar surface area (TPSA) is 3.24 Å². The van der Waals surface area contributed by atoms with Crippen molar-refractivity contribution in [2.75, 3.05) is 4.90 Å². The van der Waals surface area contributed by atoms with Crippen LogP contribution in [-0.2, 0) is 10.8 Å². The molecule has 1 heterocycles. The lowest BCUT2D eigenvalue weighted by Gasteiger charge is -2.40. The maximum Gasteiger partial charge on any atom is 0.0741 e. The zero-order valence-corrected chi connectivity index (χ0v) is 33.2. The molecule has 0 saturated carbocycles. The minimum atomic E-state index is -0.439. The molecular formula is C56H39NS. The van der Waals surface area contributed by atoms with Gasteiger partial charge in [-0.1, -0.05) is 183 Å². The number of nitrogens with zero attached hydrogens (tertiary/aromatic N) is 1. The lowest BCUT2D eigenvalue weighted by molar-refractivity contribution is 0.660. The molecule has 274 valence electrons. The van der Waals surface area contributed by atoms with Gasteiger partial charge >= 0.3 is 0 Å². The SMILES string of the molecule is CC1(C)c2ccccc2-c2ccc(N(c3ccc4c5c(ccc4c3)Sc3ccccc3C53c4ccccc4-c4ccccc43)c3ccccc3-c3ccccc3)cc21. The monoisotopic (exact) mass is 757 g/mol. The van der Waals surface area contributed by atoms with E-state index in [1.807, 2.05) is 11.8 Å². The fourth-order valence-electron chi connectivity index (χ4n) is 10.6. The molecule has 12 rings (SSSR count). The van der Waals surface area contributed by atoms with Crippen molar-refractivity contribution in [1.82, 2.24) is 0 Å². The largest absolute Gasteiger partial charge is 0.310 e. The Kier molecular flexibility index (Phi) is 7.19. The average Bonchev–Trinajstić information content (AvgIpc) is 3.69. The quantitative estimate of drug-likeness (QED) is 0.176. The van der Waals surface area contributed by atoms with Gasteiger partial charge in [-0.2, -0.15) is 0 Å². The summed E-state index contributed by atoms with van der Waals surface area (Å²) in [6.07, 6.45) is 0. The van der Waals surface area contributed by atoms with Gasteiger partial charge in [-0.05, 0) is 114 Å². The second-order valence-electron chi connectivity index (χ2n) is 16.4. The van der Waals surface area contributed by atoms with Gasteiger partial charge in [0.15, 0.2) is 0 Å². The number of anilines is 3. The number of fused-ring (bicyclic) bond motifs is 14. The van der Waals surface area contributed by atoms with Crippen LogP contribution in [0, 0.1) is 0 Å². The Hall–Kier alpha value is -6.61. The Morgan fingerprint density at radius 1 is 0.397 bits per heavy atom. The van der Waals surface area contributed by atoms with E-state index in [2.05, 4.69) is 219 Å². The summed E-state index contributed by atoms with van der Waals surface area (Å²) in [7, 11) is 0. The predicted molar refractivity (Wildman–Crippen MR) is 243 cm³/mol. The predicted octanol–water partition coefficient (Wildman–Crippen LogP) is 15.1. The third kappa shape index (κ3) is 4.55. The molecule has 0 bridgehead atoms. The van der Waals surface area contributed by atoms with Crippen molar-refractivity contribution < 1.29 is 0 Å². The van der Waals surface area contributed by atoms with Gasteiger partial charge in [-0.3, -0.25) is 0 Å². The molecule has 9 aromatic rings. The molecule has 0 radical (unpaired) electrons. The second kappa shape index (κ2) is 12.4. The highest BCUT2D eigenvalue weighted by atomic mass is 32.2. The van der Waals surface area contributed by atoms with E-state index in [0.717, 1.165) is 17.1 Å². The van der Waals surface area contributed by atoms with Gasteiger partial charge in [0.1, 0.15) is 0 Å². The Bertz CT molecular complexity index is 3090. The fraction of sp³-hybridized carbons (Fsp3) is 0.0714. The summed E-state index contributed by atoms with van der Waals surface area (Å²) < 4.78 is 0. The Labute approximate surface area is 344 Å². The number of rotatable bonds is 4. The third-order valence-electron chi connectivity index (χ3n) is 13.1. The van der Waals surface area contributed by atoms with Crippen molar-refractivity contribution in [1.29, 1.82) is 0 Å². The summed E-state index contributed by atoms with van der Waals surface area (Å²) in [6, 6.07) is 74.9. The first-order chi connectivity index (χ1) is 28.5. The highest BCUT2D eigenvalue weighted by Crippen LogP contribution is 2.63. The molecule has 58 heavy (non-hydrogen) atoms. The number of hydrogen-bond acceptors (Lipinski definition) is 2. The van der Waals surface area contributed by atoms with Crippen LogP contribution in [0.15, 0.2) is 210 Å². The Morgan fingerprint density at radius 2 is 0.948 bits per heavy atom. The minimum Gasteiger partial charge on any atom is -0.310 e. The molecule has 3 aliphatic rings. The van der Waals surface area contributed by atoms with Gasteiger partial charge in [0.05, 0.1) is 11.1 Å². The molecule has 0 atom stereocenters. The Morgan fingerprint density at radius 3 is 1.69 bits per heavy atom. The maximum absolute atomic E-state index is 2.49. The average molecular weight is 758 g/mol. The second-order valence-corrected chi connectivity index (χ2v) is 17.5. The minimum absolute atomic E-state index is 0.120. The van der Waals surface area contributed by atoms with Crippen molar-refractivity contribution in [3.63, 3.8) is 0 Å². The molecule has 9 aromatic carbocycles. The lowest BCUT2D eigenvalue weighted by atomic mass is 9.66. The standard InChI is InChI=1S/C56H39NS/c1-55(2)46-22-10-6-19-42(46)45-32-30-39(35-50(45)55)57(51-26-14-9-18-40(51)36-16-4-3-5-17-36)38-29-31-41-37(34-38)28-33-53-54(41)56(49-25-13-15-27-52(49)58-53)47-23-11-7-20-43(47)44-21-8-12-24-48(44)56/h3-35H,1-2H3. The molecule has 0 fully saturated rings. The highest BCUT2D eigenvalue weighted by molar-refractivity contribution is 7.99. The van der Waals surface area contributed by atoms with E-state index in [-0.39, 0.29) is 5.41 Å². The number of hydrogen-bond donors (Lipinski definition) is 0. The first-order valence-electron chi connectivity index (χ1n) is 20.3. The molecule has 0 N–H and O–H groups in total.